The number of anilines is 1. The fourth-order valence-electron chi connectivity index (χ4n) is 1.75. The molecule has 9 heteroatoms. The summed E-state index contributed by atoms with van der Waals surface area (Å²) >= 11 is 5.59. The first kappa shape index (κ1) is 15.7. The number of imidazole rings is 1. The van der Waals surface area contributed by atoms with Gasteiger partial charge in [-0.2, -0.15) is 0 Å². The average molecular weight is 333 g/mol. The van der Waals surface area contributed by atoms with Crippen molar-refractivity contribution in [1.82, 2.24) is 14.7 Å². The minimum atomic E-state index is -4.00. The van der Waals surface area contributed by atoms with Crippen LogP contribution in [-0.2, 0) is 16.4 Å². The summed E-state index contributed by atoms with van der Waals surface area (Å²) in [4.78, 5) is 6.38. The third-order valence-corrected chi connectivity index (χ3v) is 4.48. The van der Waals surface area contributed by atoms with E-state index in [1.165, 1.54) is 0 Å². The Bertz CT molecular complexity index is 719. The third-order valence-electron chi connectivity index (χ3n) is 2.74. The highest BCUT2D eigenvalue weighted by Gasteiger charge is 2.21. The van der Waals surface area contributed by atoms with Crippen molar-refractivity contribution in [2.45, 2.75) is 17.7 Å². The van der Waals surface area contributed by atoms with Crippen molar-refractivity contribution in [2.24, 2.45) is 0 Å². The molecule has 1 aromatic carbocycles. The summed E-state index contributed by atoms with van der Waals surface area (Å²) in [6, 6.07) is 2.20. The van der Waals surface area contributed by atoms with Crippen LogP contribution in [0.4, 0.5) is 10.1 Å². The van der Waals surface area contributed by atoms with Gasteiger partial charge in [-0.15, -0.1) is 0 Å². The Balaban J connectivity index is 2.02. The van der Waals surface area contributed by atoms with Crippen LogP contribution in [0.25, 0.3) is 0 Å². The van der Waals surface area contributed by atoms with Crippen molar-refractivity contribution >= 4 is 27.3 Å². The lowest BCUT2D eigenvalue weighted by molar-refractivity contribution is 0.555. The van der Waals surface area contributed by atoms with Gasteiger partial charge in [0.2, 0.25) is 10.0 Å². The van der Waals surface area contributed by atoms with Crippen molar-refractivity contribution in [2.75, 3.05) is 12.3 Å². The molecule has 21 heavy (non-hydrogen) atoms. The number of benzene rings is 1. The molecule has 2 aromatic rings. The normalized spacial score (nSPS) is 11.7. The van der Waals surface area contributed by atoms with Gasteiger partial charge in [0.05, 0.1) is 5.02 Å². The molecule has 0 saturated carbocycles. The Morgan fingerprint density at radius 3 is 2.86 bits per heavy atom. The molecule has 0 radical (unpaired) electrons. The predicted molar refractivity (Wildman–Crippen MR) is 77.9 cm³/mol. The summed E-state index contributed by atoms with van der Waals surface area (Å²) in [5.74, 6) is -0.253. The SMILES string of the molecule is Nc1cc(Cl)c(F)c(S(=O)(=O)NCCCc2ncc[nH]2)c1. The van der Waals surface area contributed by atoms with Gasteiger partial charge >= 0.3 is 0 Å². The Labute approximate surface area is 126 Å². The number of sulfonamides is 1. The third kappa shape index (κ3) is 3.93. The van der Waals surface area contributed by atoms with Gasteiger partial charge in [0.25, 0.3) is 0 Å². The van der Waals surface area contributed by atoms with Crippen molar-refractivity contribution in [3.8, 4) is 0 Å². The van der Waals surface area contributed by atoms with Gasteiger partial charge in [0, 0.05) is 31.0 Å². The highest BCUT2D eigenvalue weighted by atomic mass is 35.5. The average Bonchev–Trinajstić information content (AvgIpc) is 2.92. The first-order valence-corrected chi connectivity index (χ1v) is 7.98. The van der Waals surface area contributed by atoms with Crippen LogP contribution >= 0.6 is 11.6 Å². The zero-order chi connectivity index (χ0) is 15.5. The first-order valence-electron chi connectivity index (χ1n) is 6.12. The largest absolute Gasteiger partial charge is 0.399 e. The number of nitrogens with two attached hydrogens (primary N) is 1. The molecule has 114 valence electrons. The molecule has 0 saturated heterocycles. The highest BCUT2D eigenvalue weighted by Crippen LogP contribution is 2.25. The highest BCUT2D eigenvalue weighted by molar-refractivity contribution is 7.89. The van der Waals surface area contributed by atoms with E-state index < -0.39 is 20.7 Å². The van der Waals surface area contributed by atoms with E-state index in [1.807, 2.05) is 0 Å². The van der Waals surface area contributed by atoms with E-state index >= 15 is 0 Å². The first-order chi connectivity index (χ1) is 9.90. The van der Waals surface area contributed by atoms with E-state index in [9.17, 15) is 12.8 Å². The topological polar surface area (TPSA) is 101 Å². The quantitative estimate of drug-likeness (QED) is 0.553. The number of H-pyrrole nitrogens is 1. The molecule has 0 spiro atoms. The minimum absolute atomic E-state index is 0.0809. The maximum Gasteiger partial charge on any atom is 0.243 e. The lowest BCUT2D eigenvalue weighted by atomic mass is 10.3. The molecule has 1 heterocycles. The van der Waals surface area contributed by atoms with Crippen LogP contribution < -0.4 is 10.5 Å². The van der Waals surface area contributed by atoms with Gasteiger partial charge in [0.15, 0.2) is 5.82 Å². The molecule has 0 fully saturated rings. The number of aryl methyl sites for hydroxylation is 1. The molecule has 0 aliphatic rings. The van der Waals surface area contributed by atoms with Gasteiger partial charge < -0.3 is 10.7 Å². The number of aromatic nitrogens is 2. The molecular formula is C12H14ClFN4O2S. The number of aromatic amines is 1. The standard InChI is InChI=1S/C12H14ClFN4O2S/c13-9-6-8(15)7-10(12(9)14)21(19,20)18-3-1-2-11-16-4-5-17-11/h4-7,18H,1-3,15H2,(H,16,17). The van der Waals surface area contributed by atoms with Crippen molar-refractivity contribution < 1.29 is 12.8 Å². The molecule has 2 rings (SSSR count). The molecule has 0 bridgehead atoms. The molecule has 0 atom stereocenters. The minimum Gasteiger partial charge on any atom is -0.399 e. The monoisotopic (exact) mass is 332 g/mol. The number of nitrogens with one attached hydrogen (secondary N) is 2. The second kappa shape index (κ2) is 6.42. The molecule has 0 aliphatic heterocycles. The van der Waals surface area contributed by atoms with Crippen molar-refractivity contribution in [1.29, 1.82) is 0 Å². The second-order valence-electron chi connectivity index (χ2n) is 4.35. The number of nitrogen functional groups attached to an aromatic ring is 1. The van der Waals surface area contributed by atoms with Crippen LogP contribution in [0.5, 0.6) is 0 Å². The van der Waals surface area contributed by atoms with E-state index in [0.29, 0.717) is 12.8 Å². The van der Waals surface area contributed by atoms with Crippen molar-refractivity contribution in [3.63, 3.8) is 0 Å². The second-order valence-corrected chi connectivity index (χ2v) is 6.49. The summed E-state index contributed by atoms with van der Waals surface area (Å²) in [5, 5.41) is -0.328. The molecule has 0 unspecified atom stereocenters. The molecule has 4 N–H and O–H groups in total. The van der Waals surface area contributed by atoms with Crippen LogP contribution in [0.1, 0.15) is 12.2 Å². The smallest absolute Gasteiger partial charge is 0.243 e. The number of hydrogen-bond donors (Lipinski definition) is 3. The van der Waals surface area contributed by atoms with E-state index in [4.69, 9.17) is 17.3 Å². The fraction of sp³-hybridized carbons (Fsp3) is 0.250. The van der Waals surface area contributed by atoms with Gasteiger partial charge in [-0.25, -0.2) is 22.5 Å². The van der Waals surface area contributed by atoms with Gasteiger partial charge in [0.1, 0.15) is 10.7 Å². The lowest BCUT2D eigenvalue weighted by Gasteiger charge is -2.09. The summed E-state index contributed by atoms with van der Waals surface area (Å²) in [6.07, 6.45) is 4.40. The van der Waals surface area contributed by atoms with E-state index in [1.54, 1.807) is 12.4 Å². The van der Waals surface area contributed by atoms with Gasteiger partial charge in [-0.05, 0) is 18.6 Å². The number of rotatable bonds is 6. The predicted octanol–water partition coefficient (Wildman–Crippen LogP) is 1.70. The fourth-order valence-corrected chi connectivity index (χ4v) is 3.24. The Morgan fingerprint density at radius 1 is 1.43 bits per heavy atom. The zero-order valence-electron chi connectivity index (χ0n) is 10.9. The Kier molecular flexibility index (Phi) is 4.81. The molecule has 6 nitrogen and oxygen atoms in total. The van der Waals surface area contributed by atoms with E-state index in [-0.39, 0.29) is 17.3 Å². The number of nitrogens with zero attached hydrogens (tertiary/aromatic N) is 1. The van der Waals surface area contributed by atoms with Crippen LogP contribution in [0, 0.1) is 5.82 Å². The summed E-state index contributed by atoms with van der Waals surface area (Å²) < 4.78 is 40.2. The van der Waals surface area contributed by atoms with E-state index in [0.717, 1.165) is 18.0 Å². The maximum atomic E-state index is 13.8. The number of hydrogen-bond acceptors (Lipinski definition) is 4. The van der Waals surface area contributed by atoms with Crippen LogP contribution in [0.2, 0.25) is 5.02 Å². The van der Waals surface area contributed by atoms with Crippen LogP contribution in [0.3, 0.4) is 0 Å². The Hall–Kier alpha value is -1.64. The molecule has 0 aliphatic carbocycles. The van der Waals surface area contributed by atoms with Crippen molar-refractivity contribution in [3.05, 3.63) is 41.2 Å². The number of halogens is 2. The summed E-state index contributed by atoms with van der Waals surface area (Å²) in [7, 11) is -4.00. The molecule has 0 amide bonds. The summed E-state index contributed by atoms with van der Waals surface area (Å²) in [6.45, 7) is 0.148. The Morgan fingerprint density at radius 2 is 2.19 bits per heavy atom. The van der Waals surface area contributed by atoms with Gasteiger partial charge in [-0.1, -0.05) is 11.6 Å². The van der Waals surface area contributed by atoms with Crippen LogP contribution in [-0.4, -0.2) is 24.9 Å². The lowest BCUT2D eigenvalue weighted by Crippen LogP contribution is -2.26. The molecular weight excluding hydrogens is 319 g/mol. The van der Waals surface area contributed by atoms with Crippen LogP contribution in [0.15, 0.2) is 29.4 Å². The molecule has 1 aromatic heterocycles. The zero-order valence-corrected chi connectivity index (χ0v) is 12.5. The summed E-state index contributed by atoms with van der Waals surface area (Å²) in [5.41, 5.74) is 5.57. The van der Waals surface area contributed by atoms with E-state index in [2.05, 4.69) is 14.7 Å². The maximum absolute atomic E-state index is 13.8. The van der Waals surface area contributed by atoms with Gasteiger partial charge in [-0.3, -0.25) is 0 Å².